The lowest BCUT2D eigenvalue weighted by Crippen LogP contribution is -2.34. The Bertz CT molecular complexity index is 573. The van der Waals surface area contributed by atoms with Gasteiger partial charge in [0.1, 0.15) is 11.4 Å². The Hall–Kier alpha value is -1.61. The van der Waals surface area contributed by atoms with Gasteiger partial charge in [-0.2, -0.15) is 0 Å². The van der Waals surface area contributed by atoms with Gasteiger partial charge in [0.25, 0.3) is 0 Å². The minimum atomic E-state index is -0.445. The van der Waals surface area contributed by atoms with Crippen molar-refractivity contribution in [2.24, 2.45) is 0 Å². The Kier molecular flexibility index (Phi) is 5.18. The maximum atomic E-state index is 11.9. The van der Waals surface area contributed by atoms with Crippen molar-refractivity contribution in [3.05, 3.63) is 10.6 Å². The molecule has 1 aromatic rings. The zero-order chi connectivity index (χ0) is 15.4. The van der Waals surface area contributed by atoms with E-state index in [9.17, 15) is 14.4 Å². The molecule has 0 atom stereocenters. The quantitative estimate of drug-likeness (QED) is 0.814. The lowest BCUT2D eigenvalue weighted by Gasteiger charge is -2.12. The van der Waals surface area contributed by atoms with Crippen LogP contribution in [0.3, 0.4) is 0 Å². The number of carbonyl (C=O) groups is 3. The van der Waals surface area contributed by atoms with E-state index in [4.69, 9.17) is 4.74 Å². The predicted molar refractivity (Wildman–Crippen MR) is 80.5 cm³/mol. The van der Waals surface area contributed by atoms with E-state index in [-0.39, 0.29) is 25.0 Å². The lowest BCUT2D eigenvalue weighted by atomic mass is 10.4. The van der Waals surface area contributed by atoms with Gasteiger partial charge in [-0.15, -0.1) is 11.8 Å². The number of ether oxygens (including phenoxy) is 1. The smallest absolute Gasteiger partial charge is 0.350 e. The SMILES string of the molecule is CCOC(=O)c1sc(NC(=O)CN2CSCC2=O)nc1C. The van der Waals surface area contributed by atoms with Crippen LogP contribution in [0.4, 0.5) is 5.13 Å². The molecule has 1 saturated heterocycles. The monoisotopic (exact) mass is 329 g/mol. The molecule has 0 aromatic carbocycles. The molecule has 0 unspecified atom stereocenters. The second-order valence-electron chi connectivity index (χ2n) is 4.27. The average molecular weight is 329 g/mol. The van der Waals surface area contributed by atoms with Crippen LogP contribution < -0.4 is 5.32 Å². The fourth-order valence-corrected chi connectivity index (χ4v) is 3.49. The highest BCUT2D eigenvalue weighted by Gasteiger charge is 2.24. The number of nitrogens with one attached hydrogen (secondary N) is 1. The second-order valence-corrected chi connectivity index (χ2v) is 6.23. The van der Waals surface area contributed by atoms with E-state index < -0.39 is 5.97 Å². The van der Waals surface area contributed by atoms with Crippen LogP contribution in [0.15, 0.2) is 0 Å². The van der Waals surface area contributed by atoms with E-state index in [0.717, 1.165) is 11.3 Å². The number of esters is 1. The van der Waals surface area contributed by atoms with Gasteiger partial charge in [-0.1, -0.05) is 11.3 Å². The summed E-state index contributed by atoms with van der Waals surface area (Å²) < 4.78 is 4.91. The first-order valence-corrected chi connectivity index (χ1v) is 8.28. The van der Waals surface area contributed by atoms with Crippen LogP contribution in [0.2, 0.25) is 0 Å². The number of hydrogen-bond donors (Lipinski definition) is 1. The van der Waals surface area contributed by atoms with Gasteiger partial charge >= 0.3 is 5.97 Å². The van der Waals surface area contributed by atoms with E-state index in [1.807, 2.05) is 0 Å². The first-order valence-electron chi connectivity index (χ1n) is 6.31. The Labute approximate surface area is 130 Å². The van der Waals surface area contributed by atoms with Gasteiger partial charge in [-0.25, -0.2) is 9.78 Å². The lowest BCUT2D eigenvalue weighted by molar-refractivity contribution is -0.130. The molecule has 1 N–H and O–H groups in total. The number of hydrogen-bond acceptors (Lipinski definition) is 7. The zero-order valence-corrected chi connectivity index (χ0v) is 13.3. The highest BCUT2D eigenvalue weighted by atomic mass is 32.2. The molecular weight excluding hydrogens is 314 g/mol. The third kappa shape index (κ3) is 3.94. The molecule has 114 valence electrons. The topological polar surface area (TPSA) is 88.6 Å². The molecule has 1 aromatic heterocycles. The molecule has 2 amide bonds. The molecule has 7 nitrogen and oxygen atoms in total. The number of aromatic nitrogens is 1. The number of rotatable bonds is 5. The molecule has 21 heavy (non-hydrogen) atoms. The highest BCUT2D eigenvalue weighted by Crippen LogP contribution is 2.23. The van der Waals surface area contributed by atoms with Crippen LogP contribution >= 0.6 is 23.1 Å². The number of thiazole rings is 1. The molecule has 1 aliphatic heterocycles. The summed E-state index contributed by atoms with van der Waals surface area (Å²) in [6.45, 7) is 3.69. The van der Waals surface area contributed by atoms with E-state index in [1.165, 1.54) is 16.7 Å². The number of carbonyl (C=O) groups excluding carboxylic acids is 3. The predicted octanol–water partition coefficient (Wildman–Crippen LogP) is 1.10. The second kappa shape index (κ2) is 6.90. The molecule has 2 rings (SSSR count). The number of anilines is 1. The third-order valence-corrected chi connectivity index (χ3v) is 4.66. The summed E-state index contributed by atoms with van der Waals surface area (Å²) in [6.07, 6.45) is 0. The van der Waals surface area contributed by atoms with Crippen molar-refractivity contribution in [1.29, 1.82) is 0 Å². The normalized spacial score (nSPS) is 14.4. The van der Waals surface area contributed by atoms with E-state index in [2.05, 4.69) is 10.3 Å². The molecule has 1 aliphatic rings. The summed E-state index contributed by atoms with van der Waals surface area (Å²) in [6, 6.07) is 0. The Balaban J connectivity index is 1.96. The number of nitrogens with zero attached hydrogens (tertiary/aromatic N) is 2. The van der Waals surface area contributed by atoms with Crippen LogP contribution in [0.1, 0.15) is 22.3 Å². The number of thioether (sulfide) groups is 1. The fourth-order valence-electron chi connectivity index (χ4n) is 1.71. The van der Waals surface area contributed by atoms with Crippen molar-refractivity contribution >= 4 is 46.0 Å². The number of amides is 2. The van der Waals surface area contributed by atoms with Crippen molar-refractivity contribution in [3.8, 4) is 0 Å². The molecule has 0 bridgehead atoms. The van der Waals surface area contributed by atoms with Crippen LogP contribution in [-0.4, -0.2) is 52.4 Å². The summed E-state index contributed by atoms with van der Waals surface area (Å²) in [5.74, 6) is 0.125. The molecular formula is C12H15N3O4S2. The van der Waals surface area contributed by atoms with E-state index in [1.54, 1.807) is 13.8 Å². The van der Waals surface area contributed by atoms with Crippen LogP contribution in [0, 0.1) is 6.92 Å². The molecule has 2 heterocycles. The van der Waals surface area contributed by atoms with E-state index in [0.29, 0.717) is 27.3 Å². The summed E-state index contributed by atoms with van der Waals surface area (Å²) in [4.78, 5) is 40.9. The van der Waals surface area contributed by atoms with Crippen molar-refractivity contribution in [1.82, 2.24) is 9.88 Å². The van der Waals surface area contributed by atoms with Gasteiger partial charge in [0.05, 0.1) is 23.9 Å². The summed E-state index contributed by atoms with van der Waals surface area (Å²) in [7, 11) is 0. The molecule has 9 heteroatoms. The highest BCUT2D eigenvalue weighted by molar-refractivity contribution is 8.00. The molecule has 1 fully saturated rings. The maximum absolute atomic E-state index is 11.9. The Morgan fingerprint density at radius 3 is 2.86 bits per heavy atom. The average Bonchev–Trinajstić information content (AvgIpc) is 2.97. The van der Waals surface area contributed by atoms with Gasteiger partial charge in [-0.3, -0.25) is 9.59 Å². The van der Waals surface area contributed by atoms with Gasteiger partial charge in [0.2, 0.25) is 11.8 Å². The molecule has 0 saturated carbocycles. The first-order chi connectivity index (χ1) is 10.0. The summed E-state index contributed by atoms with van der Waals surface area (Å²) >= 11 is 2.55. The molecule has 0 spiro atoms. The molecule has 0 radical (unpaired) electrons. The first kappa shape index (κ1) is 15.8. The van der Waals surface area contributed by atoms with Gasteiger partial charge < -0.3 is 15.0 Å². The number of aryl methyl sites for hydroxylation is 1. The largest absolute Gasteiger partial charge is 0.462 e. The van der Waals surface area contributed by atoms with Crippen LogP contribution in [0.5, 0.6) is 0 Å². The van der Waals surface area contributed by atoms with Gasteiger partial charge in [0, 0.05) is 0 Å². The summed E-state index contributed by atoms with van der Waals surface area (Å²) in [5, 5.41) is 2.94. The van der Waals surface area contributed by atoms with Gasteiger partial charge in [0.15, 0.2) is 5.13 Å². The van der Waals surface area contributed by atoms with Crippen LogP contribution in [0.25, 0.3) is 0 Å². The Morgan fingerprint density at radius 2 is 2.24 bits per heavy atom. The fraction of sp³-hybridized carbons (Fsp3) is 0.500. The van der Waals surface area contributed by atoms with Gasteiger partial charge in [-0.05, 0) is 13.8 Å². The Morgan fingerprint density at radius 1 is 1.48 bits per heavy atom. The van der Waals surface area contributed by atoms with Crippen molar-refractivity contribution < 1.29 is 19.1 Å². The standard InChI is InChI=1S/C12H15N3O4S2/c1-3-19-11(18)10-7(2)13-12(21-10)14-8(16)4-15-6-20-5-9(15)17/h3-6H2,1-2H3,(H,13,14,16). The minimum Gasteiger partial charge on any atom is -0.462 e. The summed E-state index contributed by atoms with van der Waals surface area (Å²) in [5.41, 5.74) is 0.515. The molecule has 0 aliphatic carbocycles. The van der Waals surface area contributed by atoms with Crippen molar-refractivity contribution in [2.75, 3.05) is 30.1 Å². The van der Waals surface area contributed by atoms with Crippen LogP contribution in [-0.2, 0) is 14.3 Å². The van der Waals surface area contributed by atoms with Crippen molar-refractivity contribution in [2.45, 2.75) is 13.8 Å². The zero-order valence-electron chi connectivity index (χ0n) is 11.7. The minimum absolute atomic E-state index is 0.000793. The van der Waals surface area contributed by atoms with E-state index >= 15 is 0 Å². The third-order valence-electron chi connectivity index (χ3n) is 2.66. The maximum Gasteiger partial charge on any atom is 0.350 e. The van der Waals surface area contributed by atoms with Crippen molar-refractivity contribution in [3.63, 3.8) is 0 Å².